The Morgan fingerprint density at radius 3 is 2.34 bits per heavy atom. The topological polar surface area (TPSA) is 71.1 Å². The van der Waals surface area contributed by atoms with Gasteiger partial charge in [-0.2, -0.15) is 0 Å². The zero-order valence-corrected chi connectivity index (χ0v) is 18.3. The number of hydrogen-bond donors (Lipinski definition) is 0. The van der Waals surface area contributed by atoms with Crippen LogP contribution in [0.4, 0.5) is 0 Å². The predicted molar refractivity (Wildman–Crippen MR) is 119 cm³/mol. The molecule has 0 saturated carbocycles. The summed E-state index contributed by atoms with van der Waals surface area (Å²) in [7, 11) is 3.12. The van der Waals surface area contributed by atoms with E-state index in [1.807, 2.05) is 43.3 Å². The number of ketones is 1. The van der Waals surface area contributed by atoms with E-state index in [4.69, 9.17) is 18.9 Å². The molecule has 0 atom stereocenters. The van der Waals surface area contributed by atoms with Crippen molar-refractivity contribution in [1.82, 2.24) is 0 Å². The van der Waals surface area contributed by atoms with Crippen LogP contribution in [0.2, 0.25) is 0 Å². The predicted octanol–water partition coefficient (Wildman–Crippen LogP) is 5.21. The van der Waals surface area contributed by atoms with E-state index in [0.29, 0.717) is 34.8 Å². The fraction of sp³-hybridized carbons (Fsp3) is 0.231. The first kappa shape index (κ1) is 21.4. The summed E-state index contributed by atoms with van der Waals surface area (Å²) in [5, 5.41) is 0. The first-order valence-corrected chi connectivity index (χ1v) is 10.4. The number of hydrogen-bond acceptors (Lipinski definition) is 6. The van der Waals surface area contributed by atoms with Gasteiger partial charge in [0.05, 0.1) is 19.8 Å². The number of ether oxygens (including phenoxy) is 4. The lowest BCUT2D eigenvalue weighted by Gasteiger charge is -2.19. The maximum Gasteiger partial charge on any atom is 0.338 e. The third-order valence-electron chi connectivity index (χ3n) is 5.51. The lowest BCUT2D eigenvalue weighted by Crippen LogP contribution is -2.03. The summed E-state index contributed by atoms with van der Waals surface area (Å²) in [6.07, 6.45) is 0.466. The summed E-state index contributed by atoms with van der Waals surface area (Å²) in [6, 6.07) is 16.6. The van der Waals surface area contributed by atoms with Crippen molar-refractivity contribution in [2.75, 3.05) is 14.2 Å². The lowest BCUT2D eigenvalue weighted by atomic mass is 9.95. The van der Waals surface area contributed by atoms with Crippen molar-refractivity contribution >= 4 is 11.8 Å². The van der Waals surface area contributed by atoms with Crippen LogP contribution in [0.3, 0.4) is 0 Å². The van der Waals surface area contributed by atoms with Crippen molar-refractivity contribution < 1.29 is 28.5 Å². The molecule has 0 amide bonds. The second-order valence-electron chi connectivity index (χ2n) is 7.35. The highest BCUT2D eigenvalue weighted by Crippen LogP contribution is 2.46. The van der Waals surface area contributed by atoms with Crippen LogP contribution >= 0.6 is 0 Å². The van der Waals surface area contributed by atoms with Crippen LogP contribution in [0.1, 0.15) is 45.2 Å². The summed E-state index contributed by atoms with van der Waals surface area (Å²) in [5.74, 6) is 1.28. The van der Waals surface area contributed by atoms with Crippen LogP contribution in [-0.4, -0.2) is 26.0 Å². The van der Waals surface area contributed by atoms with Crippen LogP contribution in [0, 0.1) is 0 Å². The van der Waals surface area contributed by atoms with E-state index in [1.165, 1.54) is 0 Å². The number of fused-ring (bicyclic) bond motifs is 1. The van der Waals surface area contributed by atoms with E-state index in [2.05, 4.69) is 0 Å². The van der Waals surface area contributed by atoms with Crippen LogP contribution in [0.5, 0.6) is 17.2 Å². The molecule has 6 nitrogen and oxygen atoms in total. The highest BCUT2D eigenvalue weighted by atomic mass is 16.5. The number of cyclic esters (lactones) is 1. The Bertz CT molecular complexity index is 1160. The molecular formula is C26H24O6. The Morgan fingerprint density at radius 1 is 0.906 bits per heavy atom. The normalized spacial score (nSPS) is 12.2. The molecule has 4 rings (SSSR count). The average Bonchev–Trinajstić information content (AvgIpc) is 3.22. The lowest BCUT2D eigenvalue weighted by molar-refractivity contribution is 0.0535. The van der Waals surface area contributed by atoms with Gasteiger partial charge in [-0.25, -0.2) is 4.79 Å². The maximum absolute atomic E-state index is 12.0. The van der Waals surface area contributed by atoms with E-state index < -0.39 is 0 Å². The molecule has 3 aromatic carbocycles. The van der Waals surface area contributed by atoms with Gasteiger partial charge in [-0.1, -0.05) is 43.3 Å². The minimum atomic E-state index is -0.327. The quantitative estimate of drug-likeness (QED) is 0.359. The van der Waals surface area contributed by atoms with Crippen molar-refractivity contribution in [3.05, 3.63) is 76.9 Å². The number of carbonyl (C=O) groups excluding carboxylic acids is 2. The summed E-state index contributed by atoms with van der Waals surface area (Å²) < 4.78 is 22.6. The van der Waals surface area contributed by atoms with E-state index in [9.17, 15) is 9.59 Å². The van der Waals surface area contributed by atoms with Crippen LogP contribution in [0.25, 0.3) is 11.1 Å². The average molecular weight is 432 g/mol. The molecular weight excluding hydrogens is 408 g/mol. The van der Waals surface area contributed by atoms with Crippen molar-refractivity contribution in [2.24, 2.45) is 0 Å². The van der Waals surface area contributed by atoms with Crippen molar-refractivity contribution in [2.45, 2.75) is 26.6 Å². The number of rotatable bonds is 8. The molecule has 0 radical (unpaired) electrons. The molecule has 0 aromatic heterocycles. The van der Waals surface area contributed by atoms with Gasteiger partial charge >= 0.3 is 5.97 Å². The van der Waals surface area contributed by atoms with Crippen molar-refractivity contribution in [3.63, 3.8) is 0 Å². The molecule has 6 heteroatoms. The minimum Gasteiger partial charge on any atom is -0.493 e. The summed E-state index contributed by atoms with van der Waals surface area (Å²) in [6.45, 7) is 2.32. The Morgan fingerprint density at radius 2 is 1.66 bits per heavy atom. The molecule has 0 spiro atoms. The van der Waals surface area contributed by atoms with Crippen molar-refractivity contribution in [1.29, 1.82) is 0 Å². The fourth-order valence-electron chi connectivity index (χ4n) is 3.80. The fourth-order valence-corrected chi connectivity index (χ4v) is 3.80. The smallest absolute Gasteiger partial charge is 0.338 e. The zero-order valence-electron chi connectivity index (χ0n) is 18.3. The molecule has 3 aromatic rings. The maximum atomic E-state index is 12.0. The minimum absolute atomic E-state index is 0.101. The highest BCUT2D eigenvalue weighted by molar-refractivity contribution is 5.97. The highest BCUT2D eigenvalue weighted by Gasteiger charge is 2.27. The Kier molecular flexibility index (Phi) is 6.12. The van der Waals surface area contributed by atoms with Crippen LogP contribution in [-0.2, 0) is 18.0 Å². The number of benzene rings is 3. The molecule has 0 N–H and O–H groups in total. The van der Waals surface area contributed by atoms with E-state index in [0.717, 1.165) is 22.3 Å². The van der Waals surface area contributed by atoms with Crippen LogP contribution < -0.4 is 14.2 Å². The summed E-state index contributed by atoms with van der Waals surface area (Å²) in [5.41, 5.74) is 4.57. The molecule has 1 heterocycles. The molecule has 1 aliphatic rings. The molecule has 0 fully saturated rings. The van der Waals surface area contributed by atoms with E-state index in [-0.39, 0.29) is 25.0 Å². The van der Waals surface area contributed by atoms with Gasteiger partial charge in [-0.15, -0.1) is 0 Å². The first-order valence-electron chi connectivity index (χ1n) is 10.4. The van der Waals surface area contributed by atoms with Gasteiger partial charge < -0.3 is 18.9 Å². The SMILES string of the molecule is CCC(=O)c1ccc(COc2c(-c3cccc4c3COC4=O)ccc(OC)c2OC)cc1. The van der Waals surface area contributed by atoms with Gasteiger partial charge in [-0.05, 0) is 29.3 Å². The second kappa shape index (κ2) is 9.14. The Balaban J connectivity index is 1.73. The third kappa shape index (κ3) is 3.91. The zero-order chi connectivity index (χ0) is 22.7. The van der Waals surface area contributed by atoms with Crippen molar-refractivity contribution in [3.8, 4) is 28.4 Å². The Hall–Kier alpha value is -3.80. The summed E-state index contributed by atoms with van der Waals surface area (Å²) in [4.78, 5) is 23.9. The molecule has 1 aliphatic heterocycles. The van der Waals surface area contributed by atoms with Gasteiger partial charge in [-0.3, -0.25) is 4.79 Å². The first-order chi connectivity index (χ1) is 15.6. The van der Waals surface area contributed by atoms with Gasteiger partial charge in [0, 0.05) is 23.1 Å². The molecule has 164 valence electrons. The van der Waals surface area contributed by atoms with Gasteiger partial charge in [0.2, 0.25) is 5.75 Å². The molecule has 0 aliphatic carbocycles. The van der Waals surface area contributed by atoms with Gasteiger partial charge in [0.15, 0.2) is 17.3 Å². The molecule has 0 unspecified atom stereocenters. The standard InChI is InChI=1S/C26H24O6/c1-4-22(27)17-10-8-16(9-11-17)14-31-24-19(12-13-23(29-2)25(24)30-3)18-6-5-7-20-21(18)15-32-26(20)28/h5-13H,4,14-15H2,1-3H3. The number of Topliss-reactive ketones (excluding diaryl/α,β-unsaturated/α-hetero) is 1. The van der Waals surface area contributed by atoms with E-state index in [1.54, 1.807) is 32.4 Å². The second-order valence-corrected chi connectivity index (χ2v) is 7.35. The van der Waals surface area contributed by atoms with Crippen LogP contribution in [0.15, 0.2) is 54.6 Å². The number of esters is 1. The molecule has 32 heavy (non-hydrogen) atoms. The Labute approximate surface area is 186 Å². The van der Waals surface area contributed by atoms with Gasteiger partial charge in [0.25, 0.3) is 0 Å². The van der Waals surface area contributed by atoms with Gasteiger partial charge in [0.1, 0.15) is 13.2 Å². The number of methoxy groups -OCH3 is 2. The third-order valence-corrected chi connectivity index (χ3v) is 5.51. The molecule has 0 saturated heterocycles. The molecule has 0 bridgehead atoms. The monoisotopic (exact) mass is 432 g/mol. The largest absolute Gasteiger partial charge is 0.493 e. The summed E-state index contributed by atoms with van der Waals surface area (Å²) >= 11 is 0. The van der Waals surface area contributed by atoms with E-state index >= 15 is 0 Å². The number of carbonyl (C=O) groups is 2.